The molecule has 14 heteroatoms. The Balaban J connectivity index is 1.73. The zero-order valence-corrected chi connectivity index (χ0v) is 33.4. The van der Waals surface area contributed by atoms with E-state index in [2.05, 4.69) is 0 Å². The van der Waals surface area contributed by atoms with Crippen molar-refractivity contribution in [3.63, 3.8) is 0 Å². The maximum atomic E-state index is 14.1. The van der Waals surface area contributed by atoms with Gasteiger partial charge in [-0.1, -0.05) is 49.2 Å². The second kappa shape index (κ2) is 17.3. The Kier molecular flexibility index (Phi) is 13.8. The third-order valence-corrected chi connectivity index (χ3v) is 11.4. The lowest BCUT2D eigenvalue weighted by atomic mass is 9.78. The Hall–Kier alpha value is -3.49. The minimum absolute atomic E-state index is 0.0643. The molecule has 2 fully saturated rings. The summed E-state index contributed by atoms with van der Waals surface area (Å²) in [4.78, 5) is 58.6. The Morgan fingerprint density at radius 1 is 1.21 bits per heavy atom. The van der Waals surface area contributed by atoms with Crippen molar-refractivity contribution in [1.29, 1.82) is 0 Å². The molecule has 294 valence electrons. The predicted octanol–water partition coefficient (Wildman–Crippen LogP) is 4.11. The first-order valence-electron chi connectivity index (χ1n) is 18.1. The van der Waals surface area contributed by atoms with Gasteiger partial charge in [-0.2, -0.15) is 0 Å². The molecule has 0 aromatic heterocycles. The second-order valence-corrected chi connectivity index (χ2v) is 15.2. The largest absolute Gasteiger partial charge is 0.495 e. The molecular formula is C39H56ClN3O10. The Bertz CT molecular complexity index is 1600. The van der Waals surface area contributed by atoms with Crippen LogP contribution in [-0.4, -0.2) is 129 Å². The fourth-order valence-electron chi connectivity index (χ4n) is 7.09. The lowest BCUT2D eigenvalue weighted by Gasteiger charge is -2.41. The van der Waals surface area contributed by atoms with E-state index in [-0.39, 0.29) is 36.6 Å². The van der Waals surface area contributed by atoms with Crippen molar-refractivity contribution in [1.82, 2.24) is 9.80 Å². The number of hydrogen-bond donors (Lipinski definition) is 1. The number of fused-ring (bicyclic) bond motifs is 5. The van der Waals surface area contributed by atoms with Crippen LogP contribution in [0.1, 0.15) is 65.9 Å². The molecule has 2 amide bonds. The molecule has 3 heterocycles. The van der Waals surface area contributed by atoms with Crippen LogP contribution >= 0.6 is 11.6 Å². The molecule has 13 nitrogen and oxygen atoms in total. The quantitative estimate of drug-likeness (QED) is 0.287. The lowest BCUT2D eigenvalue weighted by Crippen LogP contribution is -2.53. The summed E-state index contributed by atoms with van der Waals surface area (Å²) < 4.78 is 29.4. The third kappa shape index (κ3) is 9.61. The molecule has 2 saturated heterocycles. The molecule has 1 aromatic carbocycles. The summed E-state index contributed by atoms with van der Waals surface area (Å²) in [6.45, 7) is 10.4. The van der Waals surface area contributed by atoms with E-state index in [1.165, 1.54) is 24.0 Å². The topological polar surface area (TPSA) is 148 Å². The number of benzene rings is 1. The van der Waals surface area contributed by atoms with E-state index in [1.54, 1.807) is 46.2 Å². The van der Waals surface area contributed by atoms with Crippen LogP contribution < -0.4 is 9.64 Å². The van der Waals surface area contributed by atoms with Crippen LogP contribution in [0.15, 0.2) is 35.9 Å². The van der Waals surface area contributed by atoms with Crippen molar-refractivity contribution < 1.29 is 48.0 Å². The maximum absolute atomic E-state index is 14.1. The summed E-state index contributed by atoms with van der Waals surface area (Å²) in [5.74, 6) is -2.03. The highest BCUT2D eigenvalue weighted by Gasteiger charge is 2.64. The molecule has 0 spiro atoms. The minimum atomic E-state index is -1.57. The van der Waals surface area contributed by atoms with Gasteiger partial charge in [0.05, 0.1) is 31.7 Å². The normalized spacial score (nSPS) is 31.5. The lowest BCUT2D eigenvalue weighted by molar-refractivity contribution is -0.187. The predicted molar refractivity (Wildman–Crippen MR) is 200 cm³/mol. The van der Waals surface area contributed by atoms with Crippen molar-refractivity contribution >= 4 is 41.0 Å². The average molecular weight is 762 g/mol. The van der Waals surface area contributed by atoms with Gasteiger partial charge in [0.15, 0.2) is 0 Å². The summed E-state index contributed by atoms with van der Waals surface area (Å²) in [7, 11) is 8.02. The zero-order chi connectivity index (χ0) is 39.4. The smallest absolute Gasteiger partial charge is 0.328 e. The van der Waals surface area contributed by atoms with Gasteiger partial charge in [0, 0.05) is 46.5 Å². The molecule has 0 saturated carbocycles. The number of carbonyl (C=O) groups is 4. The molecule has 4 bridgehead atoms. The number of allylic oxidation sites excluding steroid dienone is 3. The van der Waals surface area contributed by atoms with Gasteiger partial charge in [0.2, 0.25) is 11.8 Å². The summed E-state index contributed by atoms with van der Waals surface area (Å²) in [6.07, 6.45) is 2.25. The molecule has 0 aliphatic carbocycles. The Morgan fingerprint density at radius 2 is 1.91 bits per heavy atom. The van der Waals surface area contributed by atoms with Crippen LogP contribution in [0.4, 0.5) is 5.69 Å². The number of aliphatic hydroxyl groups is 1. The minimum Gasteiger partial charge on any atom is -0.495 e. The number of ether oxygens (including phenoxy) is 5. The van der Waals surface area contributed by atoms with Crippen LogP contribution in [0.3, 0.4) is 0 Å². The van der Waals surface area contributed by atoms with E-state index >= 15 is 0 Å². The molecule has 8 atom stereocenters. The first kappa shape index (κ1) is 42.3. The second-order valence-electron chi connectivity index (χ2n) is 14.9. The highest BCUT2D eigenvalue weighted by atomic mass is 35.5. The summed E-state index contributed by atoms with van der Waals surface area (Å²) in [6, 6.07) is 2.65. The van der Waals surface area contributed by atoms with Gasteiger partial charge in [0.25, 0.3) is 0 Å². The van der Waals surface area contributed by atoms with E-state index in [4.69, 9.17) is 35.3 Å². The maximum Gasteiger partial charge on any atom is 0.328 e. The summed E-state index contributed by atoms with van der Waals surface area (Å²) >= 11 is 6.77. The highest BCUT2D eigenvalue weighted by molar-refractivity contribution is 6.35. The zero-order valence-electron chi connectivity index (χ0n) is 32.6. The number of carbonyl (C=O) groups excluding carboxylic acids is 4. The van der Waals surface area contributed by atoms with Crippen LogP contribution in [0.25, 0.3) is 0 Å². The number of likely N-dealkylation sites (N-methyl/N-ethyl adjacent to an activating group) is 1. The number of amides is 2. The van der Waals surface area contributed by atoms with E-state index in [0.29, 0.717) is 24.4 Å². The van der Waals surface area contributed by atoms with E-state index in [1.807, 2.05) is 44.9 Å². The van der Waals surface area contributed by atoms with Crippen molar-refractivity contribution in [3.05, 3.63) is 46.5 Å². The number of anilines is 1. The average Bonchev–Trinajstić information content (AvgIpc) is 3.82. The summed E-state index contributed by atoms with van der Waals surface area (Å²) in [5, 5.41) is 12.1. The number of nitrogens with zero attached hydrogens (tertiary/aromatic N) is 3. The fourth-order valence-corrected chi connectivity index (χ4v) is 7.41. The number of hydrogen-bond acceptors (Lipinski definition) is 11. The van der Waals surface area contributed by atoms with Crippen molar-refractivity contribution in [2.24, 2.45) is 5.92 Å². The van der Waals surface area contributed by atoms with Gasteiger partial charge < -0.3 is 43.5 Å². The molecule has 1 N–H and O–H groups in total. The Labute approximate surface area is 318 Å². The standard InChI is InChI=1S/C39H56ClN3O10/c1-11-41(6)16-15-32(44)42(7)25(4)37(47)52-31-20-33(45)43(8)27-18-26(19-28(49-9)35(27)40)17-23(2)13-12-14-30(50-10)39(48)21-29(51-34(46)22-39)24(3)36-38(31,5)53-36/h12-14,18-19,24-25,29-31,36,48H,11,15-17,20-22H2,1-10H3/b14-12+,23-13+/t24-,25+,29+,30-,31+,36+,38+,39-/m1/s1. The van der Waals surface area contributed by atoms with E-state index < -0.39 is 65.4 Å². The monoisotopic (exact) mass is 761 g/mol. The number of halogens is 1. The molecule has 3 aliphatic heterocycles. The number of rotatable bonds is 9. The molecule has 0 radical (unpaired) electrons. The fraction of sp³-hybridized carbons (Fsp3) is 0.641. The van der Waals surface area contributed by atoms with Crippen LogP contribution in [0.2, 0.25) is 5.02 Å². The van der Waals surface area contributed by atoms with Crippen LogP contribution in [-0.2, 0) is 44.5 Å². The molecule has 4 rings (SSSR count). The van der Waals surface area contributed by atoms with Gasteiger partial charge >= 0.3 is 11.9 Å². The number of esters is 2. The molecule has 3 aliphatic rings. The van der Waals surface area contributed by atoms with Crippen molar-refractivity contribution in [2.75, 3.05) is 53.4 Å². The Morgan fingerprint density at radius 3 is 2.55 bits per heavy atom. The highest BCUT2D eigenvalue weighted by Crippen LogP contribution is 2.50. The van der Waals surface area contributed by atoms with Gasteiger partial charge in [-0.25, -0.2) is 4.79 Å². The molecular weight excluding hydrogens is 706 g/mol. The van der Waals surface area contributed by atoms with Crippen LogP contribution in [0, 0.1) is 5.92 Å². The van der Waals surface area contributed by atoms with Gasteiger partial charge in [-0.15, -0.1) is 0 Å². The van der Waals surface area contributed by atoms with Crippen molar-refractivity contribution in [2.45, 2.75) is 108 Å². The molecule has 53 heavy (non-hydrogen) atoms. The van der Waals surface area contributed by atoms with Gasteiger partial charge in [0.1, 0.15) is 46.3 Å². The van der Waals surface area contributed by atoms with Gasteiger partial charge in [-0.05, 0) is 58.5 Å². The number of methoxy groups -OCH3 is 2. The molecule has 1 aromatic rings. The molecule has 0 unspecified atom stereocenters. The van der Waals surface area contributed by atoms with Crippen LogP contribution in [0.5, 0.6) is 5.75 Å². The van der Waals surface area contributed by atoms with E-state index in [0.717, 1.165) is 17.7 Å². The van der Waals surface area contributed by atoms with E-state index in [9.17, 15) is 24.3 Å². The third-order valence-electron chi connectivity index (χ3n) is 11.0. The van der Waals surface area contributed by atoms with Crippen molar-refractivity contribution in [3.8, 4) is 5.75 Å². The first-order chi connectivity index (χ1) is 24.9. The van der Waals surface area contributed by atoms with Gasteiger partial charge in [-0.3, -0.25) is 14.4 Å². The SMILES string of the molecule is CCN(C)CCC(=O)N(C)[C@@H](C)C(=O)O[C@H]1CC(=O)N(C)c2cc(cc(OC)c2Cl)C/C(C)=C/C=C/[C@@H](OC)[C@]2(O)CC(=O)O[C@@H](C2)[C@@H](C)[C@@H]2O[C@@]12C. The summed E-state index contributed by atoms with van der Waals surface area (Å²) in [5.41, 5.74) is -0.583. The first-order valence-corrected chi connectivity index (χ1v) is 18.5. The number of epoxide rings is 1.